The molecule has 0 saturated carbocycles. The lowest BCUT2D eigenvalue weighted by molar-refractivity contribution is -0.133. The standard InChI is InChI=1S/C13H17ClN4O2/c1-8(2)12-15-6-9(14)11(16-12)13(20)18-5-4-17(3)10(19)7-18/h6,8H,4-5,7H2,1-3H3. The van der Waals surface area contributed by atoms with Gasteiger partial charge < -0.3 is 9.80 Å². The van der Waals surface area contributed by atoms with Gasteiger partial charge in [0.25, 0.3) is 5.91 Å². The summed E-state index contributed by atoms with van der Waals surface area (Å²) in [4.78, 5) is 35.5. The van der Waals surface area contributed by atoms with Crippen molar-refractivity contribution in [3.05, 3.63) is 22.7 Å². The van der Waals surface area contributed by atoms with Gasteiger partial charge in [-0.25, -0.2) is 9.97 Å². The molecular weight excluding hydrogens is 280 g/mol. The molecule has 0 bridgehead atoms. The monoisotopic (exact) mass is 296 g/mol. The highest BCUT2D eigenvalue weighted by Gasteiger charge is 2.28. The smallest absolute Gasteiger partial charge is 0.274 e. The van der Waals surface area contributed by atoms with E-state index in [0.29, 0.717) is 18.9 Å². The first-order valence-electron chi connectivity index (χ1n) is 6.45. The van der Waals surface area contributed by atoms with Crippen molar-refractivity contribution in [2.45, 2.75) is 19.8 Å². The van der Waals surface area contributed by atoms with E-state index in [0.717, 1.165) is 0 Å². The molecule has 0 radical (unpaired) electrons. The van der Waals surface area contributed by atoms with Gasteiger partial charge in [0.2, 0.25) is 5.91 Å². The summed E-state index contributed by atoms with van der Waals surface area (Å²) in [6.45, 7) is 4.95. The molecule has 2 heterocycles. The van der Waals surface area contributed by atoms with E-state index in [2.05, 4.69) is 9.97 Å². The maximum atomic E-state index is 12.4. The third-order valence-electron chi connectivity index (χ3n) is 3.23. The van der Waals surface area contributed by atoms with Crippen LogP contribution in [0.2, 0.25) is 5.02 Å². The lowest BCUT2D eigenvalue weighted by Crippen LogP contribution is -2.50. The topological polar surface area (TPSA) is 66.4 Å². The molecule has 7 heteroatoms. The van der Waals surface area contributed by atoms with Crippen molar-refractivity contribution in [2.24, 2.45) is 0 Å². The van der Waals surface area contributed by atoms with Gasteiger partial charge in [0.15, 0.2) is 5.69 Å². The van der Waals surface area contributed by atoms with Crippen LogP contribution < -0.4 is 0 Å². The number of hydrogen-bond donors (Lipinski definition) is 0. The van der Waals surface area contributed by atoms with Gasteiger partial charge in [-0.1, -0.05) is 25.4 Å². The highest BCUT2D eigenvalue weighted by molar-refractivity contribution is 6.33. The van der Waals surface area contributed by atoms with Gasteiger partial charge in [-0.2, -0.15) is 0 Å². The molecule has 2 rings (SSSR count). The molecule has 108 valence electrons. The summed E-state index contributed by atoms with van der Waals surface area (Å²) in [6, 6.07) is 0. The Morgan fingerprint density at radius 1 is 1.40 bits per heavy atom. The molecule has 1 fully saturated rings. The second-order valence-electron chi connectivity index (χ2n) is 5.12. The number of amides is 2. The molecule has 20 heavy (non-hydrogen) atoms. The summed E-state index contributed by atoms with van der Waals surface area (Å²) in [6.07, 6.45) is 1.44. The van der Waals surface area contributed by atoms with E-state index in [9.17, 15) is 9.59 Å². The summed E-state index contributed by atoms with van der Waals surface area (Å²) in [5.41, 5.74) is 0.169. The summed E-state index contributed by atoms with van der Waals surface area (Å²) < 4.78 is 0. The maximum absolute atomic E-state index is 12.4. The zero-order valence-electron chi connectivity index (χ0n) is 11.8. The number of nitrogens with zero attached hydrogens (tertiary/aromatic N) is 4. The van der Waals surface area contributed by atoms with Crippen LogP contribution in [0.5, 0.6) is 0 Å². The minimum atomic E-state index is -0.319. The fourth-order valence-corrected chi connectivity index (χ4v) is 2.06. The van der Waals surface area contributed by atoms with Gasteiger partial charge in [-0.05, 0) is 0 Å². The Morgan fingerprint density at radius 3 is 2.70 bits per heavy atom. The van der Waals surface area contributed by atoms with E-state index in [-0.39, 0.29) is 35.0 Å². The van der Waals surface area contributed by atoms with Crippen molar-refractivity contribution in [2.75, 3.05) is 26.7 Å². The Balaban J connectivity index is 2.25. The van der Waals surface area contributed by atoms with Gasteiger partial charge in [-0.15, -0.1) is 0 Å². The van der Waals surface area contributed by atoms with Gasteiger partial charge in [-0.3, -0.25) is 9.59 Å². The van der Waals surface area contributed by atoms with E-state index in [1.54, 1.807) is 11.9 Å². The average Bonchev–Trinajstić information content (AvgIpc) is 2.41. The van der Waals surface area contributed by atoms with Crippen LogP contribution in [0.25, 0.3) is 0 Å². The van der Waals surface area contributed by atoms with Gasteiger partial charge >= 0.3 is 0 Å². The third kappa shape index (κ3) is 2.90. The van der Waals surface area contributed by atoms with Crippen LogP contribution in [0.1, 0.15) is 36.1 Å². The Bertz CT molecular complexity index is 547. The van der Waals surface area contributed by atoms with Crippen LogP contribution in [-0.4, -0.2) is 58.3 Å². The van der Waals surface area contributed by atoms with Crippen molar-refractivity contribution >= 4 is 23.4 Å². The minimum Gasteiger partial charge on any atom is -0.342 e. The quantitative estimate of drug-likeness (QED) is 0.821. The molecule has 0 aliphatic carbocycles. The minimum absolute atomic E-state index is 0.0622. The lowest BCUT2D eigenvalue weighted by Gasteiger charge is -2.31. The lowest BCUT2D eigenvalue weighted by atomic mass is 10.2. The van der Waals surface area contributed by atoms with Crippen molar-refractivity contribution in [3.63, 3.8) is 0 Å². The van der Waals surface area contributed by atoms with Crippen molar-refractivity contribution < 1.29 is 9.59 Å². The van der Waals surface area contributed by atoms with Crippen LogP contribution in [-0.2, 0) is 4.79 Å². The molecule has 1 aromatic heterocycles. The number of likely N-dealkylation sites (N-methyl/N-ethyl adjacent to an activating group) is 1. The zero-order chi connectivity index (χ0) is 14.9. The molecule has 1 aromatic rings. The van der Waals surface area contributed by atoms with Crippen LogP contribution in [0.4, 0.5) is 0 Å². The molecule has 6 nitrogen and oxygen atoms in total. The number of carbonyl (C=O) groups excluding carboxylic acids is 2. The van der Waals surface area contributed by atoms with Gasteiger partial charge in [0, 0.05) is 26.1 Å². The average molecular weight is 297 g/mol. The predicted molar refractivity (Wildman–Crippen MR) is 74.7 cm³/mol. The molecule has 0 aromatic carbocycles. The Morgan fingerprint density at radius 2 is 2.10 bits per heavy atom. The first-order chi connectivity index (χ1) is 9.40. The SMILES string of the molecule is CC(C)c1ncc(Cl)c(C(=O)N2CCN(C)C(=O)C2)n1. The Kier molecular flexibility index (Phi) is 4.23. The first kappa shape index (κ1) is 14.7. The van der Waals surface area contributed by atoms with Gasteiger partial charge in [0.1, 0.15) is 12.4 Å². The second-order valence-corrected chi connectivity index (χ2v) is 5.53. The number of piperazine rings is 1. The summed E-state index contributed by atoms with van der Waals surface area (Å²) in [5.74, 6) is 0.269. The summed E-state index contributed by atoms with van der Waals surface area (Å²) in [7, 11) is 1.72. The van der Waals surface area contributed by atoms with E-state index in [1.807, 2.05) is 13.8 Å². The molecule has 1 aliphatic heterocycles. The van der Waals surface area contributed by atoms with Crippen LogP contribution in [0, 0.1) is 0 Å². The maximum Gasteiger partial charge on any atom is 0.274 e. The number of aromatic nitrogens is 2. The second kappa shape index (κ2) is 5.75. The predicted octanol–water partition coefficient (Wildman–Crippen LogP) is 1.17. The van der Waals surface area contributed by atoms with Crippen LogP contribution in [0.15, 0.2) is 6.20 Å². The fraction of sp³-hybridized carbons (Fsp3) is 0.538. The van der Waals surface area contributed by atoms with E-state index >= 15 is 0 Å². The molecular formula is C13H17ClN4O2. The molecule has 0 N–H and O–H groups in total. The van der Waals surface area contributed by atoms with Crippen molar-refractivity contribution in [1.29, 1.82) is 0 Å². The van der Waals surface area contributed by atoms with Crippen molar-refractivity contribution in [1.82, 2.24) is 19.8 Å². The van der Waals surface area contributed by atoms with E-state index in [4.69, 9.17) is 11.6 Å². The molecule has 1 aliphatic rings. The number of hydrogen-bond acceptors (Lipinski definition) is 4. The third-order valence-corrected chi connectivity index (χ3v) is 3.50. The van der Waals surface area contributed by atoms with E-state index < -0.39 is 0 Å². The van der Waals surface area contributed by atoms with Crippen LogP contribution >= 0.6 is 11.6 Å². The molecule has 2 amide bonds. The molecule has 1 saturated heterocycles. The Hall–Kier alpha value is -1.69. The van der Waals surface area contributed by atoms with Gasteiger partial charge in [0.05, 0.1) is 11.2 Å². The van der Waals surface area contributed by atoms with Crippen LogP contribution in [0.3, 0.4) is 0 Å². The number of rotatable bonds is 2. The number of carbonyl (C=O) groups is 2. The molecule has 0 atom stereocenters. The highest BCUT2D eigenvalue weighted by atomic mass is 35.5. The Labute approximate surface area is 122 Å². The molecule has 0 spiro atoms. The highest BCUT2D eigenvalue weighted by Crippen LogP contribution is 2.18. The first-order valence-corrected chi connectivity index (χ1v) is 6.83. The fourth-order valence-electron chi connectivity index (χ4n) is 1.89. The van der Waals surface area contributed by atoms with E-state index in [1.165, 1.54) is 11.1 Å². The normalized spacial score (nSPS) is 15.9. The molecule has 0 unspecified atom stereocenters. The zero-order valence-corrected chi connectivity index (χ0v) is 12.5. The number of halogens is 1. The summed E-state index contributed by atoms with van der Waals surface area (Å²) >= 11 is 6.01. The van der Waals surface area contributed by atoms with Crippen molar-refractivity contribution in [3.8, 4) is 0 Å². The largest absolute Gasteiger partial charge is 0.342 e. The summed E-state index contributed by atoms with van der Waals surface area (Å²) in [5, 5.41) is 0.214.